The third-order valence-electron chi connectivity index (χ3n) is 2.70. The summed E-state index contributed by atoms with van der Waals surface area (Å²) in [5.74, 6) is -1.52. The number of hydrogen-bond donors (Lipinski definition) is 1. The van der Waals surface area contributed by atoms with Gasteiger partial charge in [-0.3, -0.25) is 4.68 Å². The van der Waals surface area contributed by atoms with Crippen molar-refractivity contribution in [2.24, 2.45) is 7.05 Å². The van der Waals surface area contributed by atoms with Crippen LogP contribution in [0.1, 0.15) is 16.1 Å². The Morgan fingerprint density at radius 3 is 2.72 bits per heavy atom. The van der Waals surface area contributed by atoms with Crippen molar-refractivity contribution in [1.82, 2.24) is 9.78 Å². The quantitative estimate of drug-likeness (QED) is 0.927. The number of carboxylic acid groups (broad SMARTS) is 1. The van der Waals surface area contributed by atoms with Gasteiger partial charge in [0.1, 0.15) is 5.82 Å². The predicted octanol–water partition coefficient (Wildman–Crippen LogP) is 3.00. The summed E-state index contributed by atoms with van der Waals surface area (Å²) in [4.78, 5) is 10.8. The van der Waals surface area contributed by atoms with E-state index in [0.717, 1.165) is 0 Å². The van der Waals surface area contributed by atoms with Gasteiger partial charge in [0, 0.05) is 17.1 Å². The largest absolute Gasteiger partial charge is 0.476 e. The number of halogens is 2. The van der Waals surface area contributed by atoms with Gasteiger partial charge in [0.15, 0.2) is 5.69 Å². The van der Waals surface area contributed by atoms with E-state index in [0.29, 0.717) is 21.3 Å². The maximum atomic E-state index is 14.1. The van der Waals surface area contributed by atoms with Gasteiger partial charge in [-0.15, -0.1) is 0 Å². The van der Waals surface area contributed by atoms with E-state index < -0.39 is 5.97 Å². The highest BCUT2D eigenvalue weighted by Crippen LogP contribution is 2.29. The SMILES string of the molecule is Cc1c(Br)ccc(-c2cc(C(=O)O)nn2C)c1F. The number of hydrogen-bond acceptors (Lipinski definition) is 2. The fourth-order valence-electron chi connectivity index (χ4n) is 1.68. The molecule has 94 valence electrons. The molecule has 0 unspecified atom stereocenters. The Labute approximate surface area is 111 Å². The minimum Gasteiger partial charge on any atom is -0.476 e. The van der Waals surface area contributed by atoms with Crippen molar-refractivity contribution in [2.75, 3.05) is 0 Å². The maximum Gasteiger partial charge on any atom is 0.356 e. The molecule has 1 heterocycles. The minimum atomic E-state index is -1.13. The molecule has 0 aliphatic rings. The molecule has 0 saturated heterocycles. The number of aromatic nitrogens is 2. The standard InChI is InChI=1S/C12H10BrFN2O2/c1-6-8(13)4-3-7(11(6)14)10-5-9(12(17)18)15-16(10)2/h3-5H,1-2H3,(H,17,18). The van der Waals surface area contributed by atoms with Crippen LogP contribution in [-0.4, -0.2) is 20.9 Å². The lowest BCUT2D eigenvalue weighted by Gasteiger charge is -2.07. The Hall–Kier alpha value is -1.69. The molecule has 18 heavy (non-hydrogen) atoms. The summed E-state index contributed by atoms with van der Waals surface area (Å²) in [7, 11) is 1.58. The van der Waals surface area contributed by atoms with Gasteiger partial charge in [-0.1, -0.05) is 15.9 Å². The number of nitrogens with zero attached hydrogens (tertiary/aromatic N) is 2. The van der Waals surface area contributed by atoms with Crippen molar-refractivity contribution in [2.45, 2.75) is 6.92 Å². The van der Waals surface area contributed by atoms with Crippen LogP contribution in [0.2, 0.25) is 0 Å². The van der Waals surface area contributed by atoms with Crippen LogP contribution in [-0.2, 0) is 7.05 Å². The minimum absolute atomic E-state index is 0.104. The number of carboxylic acids is 1. The van der Waals surface area contributed by atoms with E-state index in [1.54, 1.807) is 26.1 Å². The highest BCUT2D eigenvalue weighted by atomic mass is 79.9. The van der Waals surface area contributed by atoms with Crippen molar-refractivity contribution >= 4 is 21.9 Å². The third kappa shape index (κ3) is 2.03. The fraction of sp³-hybridized carbons (Fsp3) is 0.167. The molecule has 2 rings (SSSR count). The lowest BCUT2D eigenvalue weighted by Crippen LogP contribution is -2.00. The summed E-state index contributed by atoms with van der Waals surface area (Å²) in [5.41, 5.74) is 1.14. The molecular formula is C12H10BrFN2O2. The van der Waals surface area contributed by atoms with Gasteiger partial charge in [0.25, 0.3) is 0 Å². The Morgan fingerprint density at radius 2 is 2.17 bits per heavy atom. The number of aryl methyl sites for hydroxylation is 1. The van der Waals surface area contributed by atoms with E-state index in [4.69, 9.17) is 5.11 Å². The molecule has 1 N–H and O–H groups in total. The van der Waals surface area contributed by atoms with Crippen molar-refractivity contribution in [3.63, 3.8) is 0 Å². The normalized spacial score (nSPS) is 10.7. The zero-order chi connectivity index (χ0) is 13.4. The average Bonchev–Trinajstić information content (AvgIpc) is 2.69. The van der Waals surface area contributed by atoms with E-state index >= 15 is 0 Å². The molecule has 0 aliphatic carbocycles. The zero-order valence-corrected chi connectivity index (χ0v) is 11.3. The van der Waals surface area contributed by atoms with Crippen molar-refractivity contribution < 1.29 is 14.3 Å². The van der Waals surface area contributed by atoms with Gasteiger partial charge in [-0.2, -0.15) is 5.10 Å². The topological polar surface area (TPSA) is 55.1 Å². The lowest BCUT2D eigenvalue weighted by molar-refractivity contribution is 0.0689. The summed E-state index contributed by atoms with van der Waals surface area (Å²) >= 11 is 3.24. The average molecular weight is 313 g/mol. The van der Waals surface area contributed by atoms with Crippen LogP contribution in [0.15, 0.2) is 22.7 Å². The molecule has 1 aromatic carbocycles. The van der Waals surface area contributed by atoms with Crippen LogP contribution < -0.4 is 0 Å². The highest BCUT2D eigenvalue weighted by molar-refractivity contribution is 9.10. The Bertz CT molecular complexity index is 637. The maximum absolute atomic E-state index is 14.1. The summed E-state index contributed by atoms with van der Waals surface area (Å²) in [5, 5.41) is 12.7. The van der Waals surface area contributed by atoms with E-state index in [9.17, 15) is 9.18 Å². The Kier molecular flexibility index (Phi) is 3.21. The van der Waals surface area contributed by atoms with Gasteiger partial charge in [0.2, 0.25) is 0 Å². The molecule has 0 saturated carbocycles. The van der Waals surface area contributed by atoms with Crippen LogP contribution in [0.3, 0.4) is 0 Å². The van der Waals surface area contributed by atoms with Crippen molar-refractivity contribution in [1.29, 1.82) is 0 Å². The molecule has 0 fully saturated rings. The van der Waals surface area contributed by atoms with Crippen LogP contribution in [0, 0.1) is 12.7 Å². The van der Waals surface area contributed by atoms with Crippen molar-refractivity contribution in [3.05, 3.63) is 39.7 Å². The lowest BCUT2D eigenvalue weighted by atomic mass is 10.1. The van der Waals surface area contributed by atoms with Gasteiger partial charge in [-0.25, -0.2) is 9.18 Å². The van der Waals surface area contributed by atoms with Crippen molar-refractivity contribution in [3.8, 4) is 11.3 Å². The number of carbonyl (C=O) groups is 1. The Morgan fingerprint density at radius 1 is 1.50 bits per heavy atom. The molecule has 4 nitrogen and oxygen atoms in total. The van der Waals surface area contributed by atoms with E-state index in [1.165, 1.54) is 10.7 Å². The summed E-state index contributed by atoms with van der Waals surface area (Å²) < 4.78 is 16.1. The van der Waals surface area contributed by atoms with E-state index in [2.05, 4.69) is 21.0 Å². The van der Waals surface area contributed by atoms with Crippen LogP contribution in [0.25, 0.3) is 11.3 Å². The molecule has 0 aliphatic heterocycles. The van der Waals surface area contributed by atoms with E-state index in [1.807, 2.05) is 0 Å². The van der Waals surface area contributed by atoms with Crippen LogP contribution >= 0.6 is 15.9 Å². The molecule has 6 heteroatoms. The second kappa shape index (κ2) is 4.53. The predicted molar refractivity (Wildman–Crippen MR) is 68.0 cm³/mol. The van der Waals surface area contributed by atoms with Gasteiger partial charge in [0.05, 0.1) is 5.69 Å². The summed E-state index contributed by atoms with van der Waals surface area (Å²) in [6, 6.07) is 4.67. The highest BCUT2D eigenvalue weighted by Gasteiger charge is 2.17. The number of benzene rings is 1. The second-order valence-electron chi connectivity index (χ2n) is 3.88. The summed E-state index contributed by atoms with van der Waals surface area (Å²) in [6.07, 6.45) is 0. The molecule has 0 bridgehead atoms. The van der Waals surface area contributed by atoms with Gasteiger partial charge < -0.3 is 5.11 Å². The first-order valence-corrected chi connectivity index (χ1v) is 5.93. The smallest absolute Gasteiger partial charge is 0.356 e. The van der Waals surface area contributed by atoms with Crippen LogP contribution in [0.4, 0.5) is 4.39 Å². The molecular weight excluding hydrogens is 303 g/mol. The molecule has 0 spiro atoms. The summed E-state index contributed by atoms with van der Waals surface area (Å²) in [6.45, 7) is 1.65. The first-order valence-electron chi connectivity index (χ1n) is 5.14. The second-order valence-corrected chi connectivity index (χ2v) is 4.73. The number of aromatic carboxylic acids is 1. The third-order valence-corrected chi connectivity index (χ3v) is 3.55. The Balaban J connectivity index is 2.62. The fourth-order valence-corrected chi connectivity index (χ4v) is 1.99. The van der Waals surface area contributed by atoms with Gasteiger partial charge >= 0.3 is 5.97 Å². The zero-order valence-electron chi connectivity index (χ0n) is 9.74. The van der Waals surface area contributed by atoms with E-state index in [-0.39, 0.29) is 11.5 Å². The molecule has 0 amide bonds. The first-order chi connectivity index (χ1) is 8.41. The van der Waals surface area contributed by atoms with Crippen LogP contribution in [0.5, 0.6) is 0 Å². The molecule has 0 radical (unpaired) electrons. The van der Waals surface area contributed by atoms with Gasteiger partial charge in [-0.05, 0) is 30.7 Å². The monoisotopic (exact) mass is 312 g/mol. The first kappa shape index (κ1) is 12.8. The molecule has 1 aromatic heterocycles. The number of rotatable bonds is 2. The molecule has 2 aromatic rings. The molecule has 0 atom stereocenters.